The van der Waals surface area contributed by atoms with Crippen LogP contribution >= 0.6 is 23.4 Å². The SMILES string of the molecule is Cc1occc1-c1nnc(SCC(=O)NNC(=O)c2ccc(Cl)cc2)n1C. The Morgan fingerprint density at radius 3 is 2.59 bits per heavy atom. The van der Waals surface area contributed by atoms with Crippen molar-refractivity contribution < 1.29 is 14.0 Å². The standard InChI is InChI=1S/C17H16ClN5O3S/c1-10-13(7-8-26-10)15-20-22-17(23(15)2)27-9-14(24)19-21-16(25)11-3-5-12(18)6-4-11/h3-8H,9H2,1-2H3,(H,19,24)(H,21,25). The third-order valence-electron chi connectivity index (χ3n) is 3.69. The lowest BCUT2D eigenvalue weighted by Crippen LogP contribution is -2.42. The number of aromatic nitrogens is 3. The summed E-state index contributed by atoms with van der Waals surface area (Å²) in [5.74, 6) is 0.662. The number of nitrogens with one attached hydrogen (secondary N) is 2. The van der Waals surface area contributed by atoms with Crippen LogP contribution in [0.25, 0.3) is 11.4 Å². The van der Waals surface area contributed by atoms with Crippen LogP contribution in [0, 0.1) is 6.92 Å². The van der Waals surface area contributed by atoms with Gasteiger partial charge in [0, 0.05) is 17.6 Å². The van der Waals surface area contributed by atoms with Gasteiger partial charge in [-0.2, -0.15) is 0 Å². The summed E-state index contributed by atoms with van der Waals surface area (Å²) in [6.45, 7) is 1.84. The second-order valence-corrected chi connectivity index (χ2v) is 6.93. The molecule has 0 aliphatic heterocycles. The highest BCUT2D eigenvalue weighted by molar-refractivity contribution is 7.99. The topological polar surface area (TPSA) is 102 Å². The number of carbonyl (C=O) groups is 2. The molecule has 0 radical (unpaired) electrons. The summed E-state index contributed by atoms with van der Waals surface area (Å²) in [6, 6.07) is 8.14. The molecular formula is C17H16ClN5O3S. The molecule has 0 saturated heterocycles. The molecule has 2 N–H and O–H groups in total. The summed E-state index contributed by atoms with van der Waals surface area (Å²) in [7, 11) is 1.81. The Morgan fingerprint density at radius 2 is 1.93 bits per heavy atom. The molecule has 140 valence electrons. The summed E-state index contributed by atoms with van der Waals surface area (Å²) < 4.78 is 7.06. The summed E-state index contributed by atoms with van der Waals surface area (Å²) in [5.41, 5.74) is 5.95. The molecule has 10 heteroatoms. The predicted octanol–water partition coefficient (Wildman–Crippen LogP) is 2.59. The second-order valence-electron chi connectivity index (χ2n) is 5.55. The van der Waals surface area contributed by atoms with Crippen LogP contribution in [0.2, 0.25) is 5.02 Å². The zero-order valence-corrected chi connectivity index (χ0v) is 16.1. The maximum atomic E-state index is 12.0. The van der Waals surface area contributed by atoms with Crippen LogP contribution in [-0.2, 0) is 11.8 Å². The fraction of sp³-hybridized carbons (Fsp3) is 0.176. The van der Waals surface area contributed by atoms with Crippen molar-refractivity contribution in [3.05, 3.63) is 52.9 Å². The average Bonchev–Trinajstić information content (AvgIpc) is 3.23. The van der Waals surface area contributed by atoms with Crippen LogP contribution in [0.5, 0.6) is 0 Å². The van der Waals surface area contributed by atoms with E-state index in [4.69, 9.17) is 16.0 Å². The fourth-order valence-corrected chi connectivity index (χ4v) is 3.10. The molecular weight excluding hydrogens is 390 g/mol. The number of hydrazine groups is 1. The van der Waals surface area contributed by atoms with Gasteiger partial charge in [0.25, 0.3) is 5.91 Å². The van der Waals surface area contributed by atoms with E-state index in [1.54, 1.807) is 35.1 Å². The molecule has 0 spiro atoms. The summed E-state index contributed by atoms with van der Waals surface area (Å²) in [6.07, 6.45) is 1.59. The first-order valence-electron chi connectivity index (χ1n) is 7.87. The Balaban J connectivity index is 1.52. The van der Waals surface area contributed by atoms with Crippen molar-refractivity contribution in [2.75, 3.05) is 5.75 Å². The van der Waals surface area contributed by atoms with Crippen molar-refractivity contribution in [1.29, 1.82) is 0 Å². The Labute approximate surface area is 164 Å². The maximum absolute atomic E-state index is 12.0. The van der Waals surface area contributed by atoms with E-state index in [1.807, 2.05) is 20.0 Å². The van der Waals surface area contributed by atoms with E-state index in [0.717, 1.165) is 11.3 Å². The number of nitrogens with zero attached hydrogens (tertiary/aromatic N) is 3. The van der Waals surface area contributed by atoms with Crippen molar-refractivity contribution in [3.63, 3.8) is 0 Å². The Bertz CT molecular complexity index is 967. The second kappa shape index (κ2) is 8.28. The number of benzene rings is 1. The monoisotopic (exact) mass is 405 g/mol. The number of thioether (sulfide) groups is 1. The minimum atomic E-state index is -0.429. The quantitative estimate of drug-likeness (QED) is 0.499. The largest absolute Gasteiger partial charge is 0.469 e. The van der Waals surface area contributed by atoms with Crippen LogP contribution in [0.3, 0.4) is 0 Å². The van der Waals surface area contributed by atoms with Gasteiger partial charge in [0.15, 0.2) is 11.0 Å². The van der Waals surface area contributed by atoms with Gasteiger partial charge in [0.05, 0.1) is 17.6 Å². The molecule has 0 saturated carbocycles. The molecule has 3 aromatic rings. The van der Waals surface area contributed by atoms with Crippen LogP contribution in [-0.4, -0.2) is 32.3 Å². The van der Waals surface area contributed by atoms with Crippen LogP contribution in [0.1, 0.15) is 16.1 Å². The van der Waals surface area contributed by atoms with Crippen molar-refractivity contribution in [2.45, 2.75) is 12.1 Å². The van der Waals surface area contributed by atoms with Crippen molar-refractivity contribution in [2.24, 2.45) is 7.05 Å². The number of hydrogen-bond acceptors (Lipinski definition) is 6. The molecule has 2 aromatic heterocycles. The van der Waals surface area contributed by atoms with Crippen molar-refractivity contribution in [1.82, 2.24) is 25.6 Å². The van der Waals surface area contributed by atoms with Gasteiger partial charge < -0.3 is 8.98 Å². The minimum Gasteiger partial charge on any atom is -0.469 e. The lowest BCUT2D eigenvalue weighted by atomic mass is 10.2. The van der Waals surface area contributed by atoms with Crippen molar-refractivity contribution in [3.8, 4) is 11.4 Å². The lowest BCUT2D eigenvalue weighted by Gasteiger charge is -2.07. The molecule has 0 aliphatic rings. The van der Waals surface area contributed by atoms with Crippen LogP contribution in [0.4, 0.5) is 0 Å². The zero-order chi connectivity index (χ0) is 19.4. The number of hydrogen-bond donors (Lipinski definition) is 2. The highest BCUT2D eigenvalue weighted by Gasteiger charge is 2.16. The third-order valence-corrected chi connectivity index (χ3v) is 4.96. The highest BCUT2D eigenvalue weighted by Crippen LogP contribution is 2.25. The summed E-state index contributed by atoms with van der Waals surface area (Å²) in [5, 5.41) is 9.33. The Morgan fingerprint density at radius 1 is 1.19 bits per heavy atom. The number of aryl methyl sites for hydroxylation is 1. The molecule has 8 nitrogen and oxygen atoms in total. The number of rotatable bonds is 5. The molecule has 0 aliphatic carbocycles. The smallest absolute Gasteiger partial charge is 0.269 e. The van der Waals surface area contributed by atoms with E-state index in [2.05, 4.69) is 21.0 Å². The lowest BCUT2D eigenvalue weighted by molar-refractivity contribution is -0.119. The number of halogens is 1. The number of amides is 2. The van der Waals surface area contributed by atoms with E-state index in [1.165, 1.54) is 11.8 Å². The van der Waals surface area contributed by atoms with Crippen LogP contribution in [0.15, 0.2) is 46.2 Å². The van der Waals surface area contributed by atoms with Gasteiger partial charge in [0.2, 0.25) is 5.91 Å². The molecule has 0 unspecified atom stereocenters. The van der Waals surface area contributed by atoms with E-state index in [-0.39, 0.29) is 11.7 Å². The Hall–Kier alpha value is -2.78. The first-order valence-corrected chi connectivity index (χ1v) is 9.23. The van der Waals surface area contributed by atoms with Gasteiger partial charge in [-0.05, 0) is 37.3 Å². The van der Waals surface area contributed by atoms with Gasteiger partial charge in [0.1, 0.15) is 5.76 Å². The predicted molar refractivity (Wildman–Crippen MR) is 101 cm³/mol. The fourth-order valence-electron chi connectivity index (χ4n) is 2.26. The number of carbonyl (C=O) groups excluding carboxylic acids is 2. The average molecular weight is 406 g/mol. The Kier molecular flexibility index (Phi) is 5.82. The van der Waals surface area contributed by atoms with Gasteiger partial charge in [-0.3, -0.25) is 20.4 Å². The molecule has 27 heavy (non-hydrogen) atoms. The van der Waals surface area contributed by atoms with E-state index in [9.17, 15) is 9.59 Å². The van der Waals surface area contributed by atoms with Crippen molar-refractivity contribution >= 4 is 35.2 Å². The highest BCUT2D eigenvalue weighted by atomic mass is 35.5. The molecule has 0 fully saturated rings. The zero-order valence-electron chi connectivity index (χ0n) is 14.5. The molecule has 2 amide bonds. The molecule has 0 bridgehead atoms. The van der Waals surface area contributed by atoms with E-state index >= 15 is 0 Å². The maximum Gasteiger partial charge on any atom is 0.269 e. The third kappa shape index (κ3) is 4.50. The van der Waals surface area contributed by atoms with Gasteiger partial charge >= 0.3 is 0 Å². The molecule has 1 aromatic carbocycles. The summed E-state index contributed by atoms with van der Waals surface area (Å²) >= 11 is 6.98. The molecule has 3 rings (SSSR count). The van der Waals surface area contributed by atoms with Gasteiger partial charge in [-0.25, -0.2) is 0 Å². The van der Waals surface area contributed by atoms with E-state index in [0.29, 0.717) is 21.6 Å². The van der Waals surface area contributed by atoms with E-state index < -0.39 is 5.91 Å². The minimum absolute atomic E-state index is 0.0667. The molecule has 0 atom stereocenters. The number of furan rings is 1. The van der Waals surface area contributed by atoms with Crippen LogP contribution < -0.4 is 10.9 Å². The van der Waals surface area contributed by atoms with Gasteiger partial charge in [-0.1, -0.05) is 23.4 Å². The first kappa shape index (κ1) is 19.0. The summed E-state index contributed by atoms with van der Waals surface area (Å²) in [4.78, 5) is 23.9. The molecule has 2 heterocycles. The van der Waals surface area contributed by atoms with Gasteiger partial charge in [-0.15, -0.1) is 10.2 Å². The first-order chi connectivity index (χ1) is 13.0. The normalized spacial score (nSPS) is 10.6.